The molecule has 0 unspecified atom stereocenters. The van der Waals surface area contributed by atoms with E-state index < -0.39 is 0 Å². The minimum absolute atomic E-state index is 0.271. The second-order valence-electron chi connectivity index (χ2n) is 8.73. The van der Waals surface area contributed by atoms with Crippen molar-refractivity contribution in [1.29, 1.82) is 0 Å². The zero-order chi connectivity index (χ0) is 25.2. The summed E-state index contributed by atoms with van der Waals surface area (Å²) < 4.78 is 19.5. The van der Waals surface area contributed by atoms with Crippen LogP contribution in [0.2, 0.25) is 0 Å². The molecule has 8 nitrogen and oxygen atoms in total. The van der Waals surface area contributed by atoms with Crippen molar-refractivity contribution in [2.75, 3.05) is 36.5 Å². The van der Waals surface area contributed by atoms with Crippen LogP contribution < -0.4 is 10.2 Å². The van der Waals surface area contributed by atoms with Crippen molar-refractivity contribution in [3.8, 4) is 22.4 Å². The lowest BCUT2D eigenvalue weighted by Crippen LogP contribution is -2.36. The average molecular weight is 495 g/mol. The zero-order valence-electron chi connectivity index (χ0n) is 19.8. The molecule has 1 fully saturated rings. The quantitative estimate of drug-likeness (QED) is 0.360. The highest BCUT2D eigenvalue weighted by Gasteiger charge is 2.17. The number of amides is 1. The molecule has 0 atom stereocenters. The molecule has 1 aliphatic rings. The molecule has 2 aromatic carbocycles. The third-order valence-electron chi connectivity index (χ3n) is 6.38. The number of morpholine rings is 1. The summed E-state index contributed by atoms with van der Waals surface area (Å²) in [4.78, 5) is 24.1. The van der Waals surface area contributed by atoms with Crippen molar-refractivity contribution in [2.45, 2.75) is 0 Å². The molecule has 1 saturated heterocycles. The third kappa shape index (κ3) is 4.64. The van der Waals surface area contributed by atoms with Crippen LogP contribution in [0.5, 0.6) is 0 Å². The molecule has 4 heterocycles. The number of aromatic nitrogens is 4. The Morgan fingerprint density at radius 3 is 2.65 bits per heavy atom. The van der Waals surface area contributed by atoms with Crippen LogP contribution in [0.25, 0.3) is 33.3 Å². The number of hydrogen-bond donors (Lipinski definition) is 2. The Morgan fingerprint density at radius 1 is 0.973 bits per heavy atom. The fourth-order valence-electron chi connectivity index (χ4n) is 4.43. The van der Waals surface area contributed by atoms with Gasteiger partial charge in [0.1, 0.15) is 5.82 Å². The number of halogens is 1. The molecule has 0 bridgehead atoms. The number of carbonyl (C=O) groups excluding carboxylic acids is 1. The smallest absolute Gasteiger partial charge is 0.276 e. The van der Waals surface area contributed by atoms with Gasteiger partial charge in [-0.3, -0.25) is 19.9 Å². The SMILES string of the molecule is O=C(Nc1ccc(-c2ccccc2F)nc1)c1n[nH]c2ccc(-c3cncc(N4CCOCC4)c3)cc12. The molecular formula is C28H23FN6O2. The summed E-state index contributed by atoms with van der Waals surface area (Å²) >= 11 is 0. The first-order valence-electron chi connectivity index (χ1n) is 11.9. The molecule has 5 aromatic rings. The van der Waals surface area contributed by atoms with Crippen LogP contribution in [-0.4, -0.2) is 52.4 Å². The maximum Gasteiger partial charge on any atom is 0.276 e. The molecule has 9 heteroatoms. The number of carbonyl (C=O) groups is 1. The Kier molecular flexibility index (Phi) is 6.03. The summed E-state index contributed by atoms with van der Waals surface area (Å²) in [6, 6.07) is 17.7. The van der Waals surface area contributed by atoms with E-state index in [0.717, 1.165) is 35.4 Å². The number of fused-ring (bicyclic) bond motifs is 1. The van der Waals surface area contributed by atoms with Gasteiger partial charge in [0.25, 0.3) is 5.91 Å². The predicted octanol–water partition coefficient (Wildman–Crippen LogP) is 4.91. The second kappa shape index (κ2) is 9.79. The van der Waals surface area contributed by atoms with Gasteiger partial charge in [0.15, 0.2) is 5.69 Å². The third-order valence-corrected chi connectivity index (χ3v) is 6.38. The van der Waals surface area contributed by atoms with Gasteiger partial charge in [-0.2, -0.15) is 5.10 Å². The van der Waals surface area contributed by atoms with E-state index in [1.54, 1.807) is 30.3 Å². The summed E-state index contributed by atoms with van der Waals surface area (Å²) in [6.07, 6.45) is 5.17. The number of pyridine rings is 2. The van der Waals surface area contributed by atoms with E-state index >= 15 is 0 Å². The normalized spacial score (nSPS) is 13.6. The van der Waals surface area contributed by atoms with Crippen LogP contribution in [0.4, 0.5) is 15.8 Å². The van der Waals surface area contributed by atoms with Gasteiger partial charge in [0.05, 0.1) is 48.2 Å². The van der Waals surface area contributed by atoms with Gasteiger partial charge in [-0.1, -0.05) is 18.2 Å². The molecule has 3 aromatic heterocycles. The van der Waals surface area contributed by atoms with Crippen LogP contribution in [0, 0.1) is 5.82 Å². The van der Waals surface area contributed by atoms with Crippen molar-refractivity contribution < 1.29 is 13.9 Å². The van der Waals surface area contributed by atoms with E-state index in [1.165, 1.54) is 12.3 Å². The monoisotopic (exact) mass is 494 g/mol. The Labute approximate surface area is 212 Å². The van der Waals surface area contributed by atoms with Gasteiger partial charge in [-0.05, 0) is 48.0 Å². The number of H-pyrrole nitrogens is 1. The largest absolute Gasteiger partial charge is 0.378 e. The van der Waals surface area contributed by atoms with E-state index in [2.05, 4.69) is 36.4 Å². The summed E-state index contributed by atoms with van der Waals surface area (Å²) in [5, 5.41) is 10.7. The molecule has 37 heavy (non-hydrogen) atoms. The molecule has 2 N–H and O–H groups in total. The highest BCUT2D eigenvalue weighted by molar-refractivity contribution is 6.11. The van der Waals surface area contributed by atoms with Crippen LogP contribution in [0.1, 0.15) is 10.5 Å². The minimum atomic E-state index is -0.371. The molecule has 0 saturated carbocycles. The molecule has 1 amide bonds. The van der Waals surface area contributed by atoms with E-state index in [4.69, 9.17) is 4.74 Å². The lowest BCUT2D eigenvalue weighted by molar-refractivity contribution is 0.102. The predicted molar refractivity (Wildman–Crippen MR) is 140 cm³/mol. The first-order chi connectivity index (χ1) is 18.2. The second-order valence-corrected chi connectivity index (χ2v) is 8.73. The Morgan fingerprint density at radius 2 is 1.84 bits per heavy atom. The molecule has 1 aliphatic heterocycles. The Hall–Kier alpha value is -4.63. The summed E-state index contributed by atoms with van der Waals surface area (Å²) in [7, 11) is 0. The summed E-state index contributed by atoms with van der Waals surface area (Å²) in [5.74, 6) is -0.722. The fourth-order valence-corrected chi connectivity index (χ4v) is 4.43. The van der Waals surface area contributed by atoms with Crippen molar-refractivity contribution in [2.24, 2.45) is 0 Å². The van der Waals surface area contributed by atoms with Crippen LogP contribution in [0.3, 0.4) is 0 Å². The molecule has 6 rings (SSSR count). The number of nitrogens with one attached hydrogen (secondary N) is 2. The molecular weight excluding hydrogens is 471 g/mol. The van der Waals surface area contributed by atoms with Gasteiger partial charge in [-0.25, -0.2) is 4.39 Å². The van der Waals surface area contributed by atoms with E-state index in [1.807, 2.05) is 30.6 Å². The number of nitrogens with zero attached hydrogens (tertiary/aromatic N) is 4. The van der Waals surface area contributed by atoms with Crippen molar-refractivity contribution >= 4 is 28.2 Å². The zero-order valence-corrected chi connectivity index (χ0v) is 19.8. The van der Waals surface area contributed by atoms with Crippen molar-refractivity contribution in [3.63, 3.8) is 0 Å². The van der Waals surface area contributed by atoms with Crippen LogP contribution in [-0.2, 0) is 4.74 Å². The van der Waals surface area contributed by atoms with E-state index in [0.29, 0.717) is 35.5 Å². The highest BCUT2D eigenvalue weighted by Crippen LogP contribution is 2.28. The topological polar surface area (TPSA) is 96.0 Å². The highest BCUT2D eigenvalue weighted by atomic mass is 19.1. The maximum atomic E-state index is 14.1. The van der Waals surface area contributed by atoms with Crippen molar-refractivity contribution in [1.82, 2.24) is 20.2 Å². The number of ether oxygens (including phenoxy) is 1. The summed E-state index contributed by atoms with van der Waals surface area (Å²) in [5.41, 5.74) is 5.31. The van der Waals surface area contributed by atoms with Gasteiger partial charge in [0, 0.05) is 35.8 Å². The van der Waals surface area contributed by atoms with Gasteiger partial charge >= 0.3 is 0 Å². The maximum absolute atomic E-state index is 14.1. The Bertz CT molecular complexity index is 1580. The first-order valence-corrected chi connectivity index (χ1v) is 11.9. The summed E-state index contributed by atoms with van der Waals surface area (Å²) in [6.45, 7) is 3.05. The number of aromatic amines is 1. The lowest BCUT2D eigenvalue weighted by atomic mass is 10.0. The number of benzene rings is 2. The molecule has 0 spiro atoms. The molecule has 0 aliphatic carbocycles. The number of anilines is 2. The van der Waals surface area contributed by atoms with Crippen LogP contribution in [0.15, 0.2) is 79.3 Å². The molecule has 184 valence electrons. The minimum Gasteiger partial charge on any atom is -0.378 e. The number of hydrogen-bond acceptors (Lipinski definition) is 6. The Balaban J connectivity index is 1.24. The number of rotatable bonds is 5. The lowest BCUT2D eigenvalue weighted by Gasteiger charge is -2.28. The van der Waals surface area contributed by atoms with E-state index in [-0.39, 0.29) is 17.4 Å². The van der Waals surface area contributed by atoms with Gasteiger partial charge in [0.2, 0.25) is 0 Å². The average Bonchev–Trinajstić information content (AvgIpc) is 3.38. The van der Waals surface area contributed by atoms with Crippen molar-refractivity contribution in [3.05, 3.63) is 90.8 Å². The van der Waals surface area contributed by atoms with E-state index in [9.17, 15) is 9.18 Å². The fraction of sp³-hybridized carbons (Fsp3) is 0.143. The van der Waals surface area contributed by atoms with Gasteiger partial charge in [-0.15, -0.1) is 0 Å². The van der Waals surface area contributed by atoms with Crippen LogP contribution >= 0.6 is 0 Å². The first kappa shape index (κ1) is 22.8. The molecule has 0 radical (unpaired) electrons. The van der Waals surface area contributed by atoms with Gasteiger partial charge < -0.3 is 15.0 Å². The standard InChI is InChI=1S/C28H23FN6O2/c29-24-4-2-1-3-22(24)25-8-6-20(16-31-25)32-28(36)27-23-14-18(5-7-26(23)33-34-27)19-13-21(17-30-15-19)35-9-11-37-12-10-35/h1-8,13-17H,9-12H2,(H,32,36)(H,33,34).